The van der Waals surface area contributed by atoms with Crippen molar-refractivity contribution in [3.8, 4) is 0 Å². The Bertz CT molecular complexity index is 779. The molecule has 0 radical (unpaired) electrons. The molecule has 22 heavy (non-hydrogen) atoms. The predicted octanol–water partition coefficient (Wildman–Crippen LogP) is 6.41. The lowest BCUT2D eigenvalue weighted by Crippen LogP contribution is -1.97. The van der Waals surface area contributed by atoms with Crippen LogP contribution in [0.3, 0.4) is 0 Å². The number of hydrogen-bond acceptors (Lipinski definition) is 0. The Morgan fingerprint density at radius 3 is 2.50 bits per heavy atom. The van der Waals surface area contributed by atoms with Gasteiger partial charge < -0.3 is 4.57 Å². The number of aryl methyl sites for hydroxylation is 1. The number of aromatic nitrogens is 1. The number of hydrogen-bond donors (Lipinski definition) is 0. The summed E-state index contributed by atoms with van der Waals surface area (Å²) in [6.45, 7) is 7.28. The average Bonchev–Trinajstić information content (AvgIpc) is 2.88. The van der Waals surface area contributed by atoms with Crippen LogP contribution in [-0.4, -0.2) is 4.57 Å². The van der Waals surface area contributed by atoms with Crippen LogP contribution in [-0.2, 0) is 6.54 Å². The van der Waals surface area contributed by atoms with Crippen LogP contribution in [0.4, 0.5) is 0 Å². The molecule has 0 unspecified atom stereocenters. The van der Waals surface area contributed by atoms with Gasteiger partial charge in [-0.2, -0.15) is 0 Å². The highest BCUT2D eigenvalue weighted by Crippen LogP contribution is 2.30. The quantitative estimate of drug-likeness (QED) is 0.443. The van der Waals surface area contributed by atoms with Gasteiger partial charge in [-0.1, -0.05) is 75.6 Å². The largest absolute Gasteiger partial charge is 0.340 e. The molecule has 0 amide bonds. The minimum absolute atomic E-state index is 1.11. The van der Waals surface area contributed by atoms with E-state index in [2.05, 4.69) is 60.5 Å². The highest BCUT2D eigenvalue weighted by Gasteiger charge is 2.09. The van der Waals surface area contributed by atoms with Gasteiger partial charge in [0.25, 0.3) is 0 Å². The first-order valence-electron chi connectivity index (χ1n) is 8.48. The standard InChI is InChI=1S/C21H25N/c1-3-5-6-7-10-15-22-20-12-9-8-11-18(20)19-14-13-17(4-2)16-21(19)22/h4,8-9,11-14,16H,2-3,5-7,10,15H2,1H3. The molecule has 1 nitrogen and oxygen atoms in total. The molecule has 1 aromatic heterocycles. The van der Waals surface area contributed by atoms with E-state index in [0.29, 0.717) is 0 Å². The van der Waals surface area contributed by atoms with Gasteiger partial charge in [0.2, 0.25) is 0 Å². The van der Waals surface area contributed by atoms with Gasteiger partial charge in [-0.05, 0) is 24.1 Å². The number of unbranched alkanes of at least 4 members (excludes halogenated alkanes) is 4. The Kier molecular flexibility index (Phi) is 4.62. The molecule has 114 valence electrons. The summed E-state index contributed by atoms with van der Waals surface area (Å²) in [5, 5.41) is 2.72. The Morgan fingerprint density at radius 1 is 0.909 bits per heavy atom. The second-order valence-corrected chi connectivity index (χ2v) is 6.06. The number of rotatable bonds is 7. The molecule has 3 rings (SSSR count). The van der Waals surface area contributed by atoms with Crippen molar-refractivity contribution in [2.75, 3.05) is 0 Å². The molecule has 0 spiro atoms. The van der Waals surface area contributed by atoms with Crippen LogP contribution in [0.2, 0.25) is 0 Å². The van der Waals surface area contributed by atoms with Gasteiger partial charge in [0, 0.05) is 28.4 Å². The summed E-state index contributed by atoms with van der Waals surface area (Å²) in [6, 6.07) is 15.4. The monoisotopic (exact) mass is 291 g/mol. The minimum atomic E-state index is 1.11. The van der Waals surface area contributed by atoms with Gasteiger partial charge in [-0.3, -0.25) is 0 Å². The third kappa shape index (κ3) is 2.81. The van der Waals surface area contributed by atoms with Crippen molar-refractivity contribution < 1.29 is 0 Å². The van der Waals surface area contributed by atoms with Crippen molar-refractivity contribution in [1.82, 2.24) is 4.57 Å². The van der Waals surface area contributed by atoms with Crippen LogP contribution in [0.1, 0.15) is 44.6 Å². The Labute approximate surface area is 133 Å². The SMILES string of the molecule is C=Cc1ccc2c3ccccc3n(CCCCCCC)c2c1. The molecule has 1 heterocycles. The molecule has 0 fully saturated rings. The summed E-state index contributed by atoms with van der Waals surface area (Å²) in [5.74, 6) is 0. The highest BCUT2D eigenvalue weighted by atomic mass is 15.0. The van der Waals surface area contributed by atoms with E-state index in [1.807, 2.05) is 6.08 Å². The molecular weight excluding hydrogens is 266 g/mol. The third-order valence-corrected chi connectivity index (χ3v) is 4.52. The smallest absolute Gasteiger partial charge is 0.0497 e. The number of fused-ring (bicyclic) bond motifs is 3. The van der Waals surface area contributed by atoms with E-state index < -0.39 is 0 Å². The zero-order valence-electron chi connectivity index (χ0n) is 13.5. The zero-order chi connectivity index (χ0) is 15.4. The van der Waals surface area contributed by atoms with Crippen LogP contribution in [0, 0.1) is 0 Å². The van der Waals surface area contributed by atoms with Gasteiger partial charge in [0.05, 0.1) is 0 Å². The molecule has 0 saturated carbocycles. The number of benzene rings is 2. The van der Waals surface area contributed by atoms with E-state index in [0.717, 1.165) is 6.54 Å². The summed E-state index contributed by atoms with van der Waals surface area (Å²) in [7, 11) is 0. The highest BCUT2D eigenvalue weighted by molar-refractivity contribution is 6.08. The average molecular weight is 291 g/mol. The van der Waals surface area contributed by atoms with Gasteiger partial charge in [-0.15, -0.1) is 0 Å². The molecule has 0 atom stereocenters. The molecule has 0 saturated heterocycles. The summed E-state index contributed by atoms with van der Waals surface area (Å²) in [6.07, 6.45) is 8.52. The van der Waals surface area contributed by atoms with E-state index >= 15 is 0 Å². The van der Waals surface area contributed by atoms with E-state index in [1.165, 1.54) is 59.5 Å². The van der Waals surface area contributed by atoms with Crippen molar-refractivity contribution in [2.24, 2.45) is 0 Å². The topological polar surface area (TPSA) is 4.93 Å². The molecule has 0 aliphatic heterocycles. The maximum absolute atomic E-state index is 3.91. The fourth-order valence-electron chi connectivity index (χ4n) is 3.31. The van der Waals surface area contributed by atoms with Crippen LogP contribution < -0.4 is 0 Å². The normalized spacial score (nSPS) is 11.3. The first-order valence-corrected chi connectivity index (χ1v) is 8.48. The summed E-state index contributed by atoms with van der Waals surface area (Å²) >= 11 is 0. The van der Waals surface area contributed by atoms with Crippen molar-refractivity contribution in [3.05, 3.63) is 54.6 Å². The fraction of sp³-hybridized carbons (Fsp3) is 0.333. The van der Waals surface area contributed by atoms with Gasteiger partial charge in [0.1, 0.15) is 0 Å². The van der Waals surface area contributed by atoms with Crippen LogP contribution in [0.15, 0.2) is 49.0 Å². The molecule has 0 aliphatic carbocycles. The summed E-state index contributed by atoms with van der Waals surface area (Å²) < 4.78 is 2.49. The minimum Gasteiger partial charge on any atom is -0.340 e. The lowest BCUT2D eigenvalue weighted by atomic mass is 10.1. The van der Waals surface area contributed by atoms with Gasteiger partial charge in [-0.25, -0.2) is 0 Å². The molecule has 0 bridgehead atoms. The van der Waals surface area contributed by atoms with E-state index in [-0.39, 0.29) is 0 Å². The number of para-hydroxylation sites is 1. The Hall–Kier alpha value is -2.02. The van der Waals surface area contributed by atoms with E-state index in [4.69, 9.17) is 0 Å². The zero-order valence-corrected chi connectivity index (χ0v) is 13.5. The summed E-state index contributed by atoms with van der Waals surface area (Å²) in [5.41, 5.74) is 3.89. The Morgan fingerprint density at radius 2 is 1.68 bits per heavy atom. The number of nitrogens with zero attached hydrogens (tertiary/aromatic N) is 1. The lowest BCUT2D eigenvalue weighted by molar-refractivity contribution is 0.584. The fourth-order valence-corrected chi connectivity index (χ4v) is 3.31. The third-order valence-electron chi connectivity index (χ3n) is 4.52. The molecule has 1 heteroatoms. The first-order chi connectivity index (χ1) is 10.8. The van der Waals surface area contributed by atoms with Crippen molar-refractivity contribution in [2.45, 2.75) is 45.6 Å². The maximum atomic E-state index is 3.91. The van der Waals surface area contributed by atoms with Gasteiger partial charge >= 0.3 is 0 Å². The first kappa shape index (κ1) is 14.9. The second kappa shape index (κ2) is 6.83. The maximum Gasteiger partial charge on any atom is 0.0497 e. The van der Waals surface area contributed by atoms with Crippen molar-refractivity contribution >= 4 is 27.9 Å². The van der Waals surface area contributed by atoms with Crippen LogP contribution >= 0.6 is 0 Å². The van der Waals surface area contributed by atoms with Crippen molar-refractivity contribution in [1.29, 1.82) is 0 Å². The van der Waals surface area contributed by atoms with E-state index in [9.17, 15) is 0 Å². The van der Waals surface area contributed by atoms with Gasteiger partial charge in [0.15, 0.2) is 0 Å². The van der Waals surface area contributed by atoms with Crippen LogP contribution in [0.5, 0.6) is 0 Å². The lowest BCUT2D eigenvalue weighted by Gasteiger charge is -2.08. The predicted molar refractivity (Wildman–Crippen MR) is 98.3 cm³/mol. The van der Waals surface area contributed by atoms with Crippen molar-refractivity contribution in [3.63, 3.8) is 0 Å². The van der Waals surface area contributed by atoms with Crippen LogP contribution in [0.25, 0.3) is 27.9 Å². The second-order valence-electron chi connectivity index (χ2n) is 6.06. The summed E-state index contributed by atoms with van der Waals surface area (Å²) in [4.78, 5) is 0. The van der Waals surface area contributed by atoms with E-state index in [1.54, 1.807) is 0 Å². The molecule has 3 aromatic rings. The Balaban J connectivity index is 1.98. The molecular formula is C21H25N. The molecule has 2 aromatic carbocycles. The molecule has 0 N–H and O–H groups in total. The molecule has 0 aliphatic rings.